The zero-order chi connectivity index (χ0) is 14.7. The van der Waals surface area contributed by atoms with E-state index < -0.39 is 0 Å². The topological polar surface area (TPSA) is 59.5 Å². The lowest BCUT2D eigenvalue weighted by Gasteiger charge is -2.30. The number of ether oxygens (including phenoxy) is 1. The molecule has 5 nitrogen and oxygen atoms in total. The predicted octanol–water partition coefficient (Wildman–Crippen LogP) is 2.22. The monoisotopic (exact) mass is 296 g/mol. The summed E-state index contributed by atoms with van der Waals surface area (Å²) in [5.41, 5.74) is 0.803. The third-order valence-electron chi connectivity index (χ3n) is 3.64. The standard InChI is InChI=1S/C14H20N2O3S/c1-4-11-12(14(18)19-3)20-13(15-11)10-6-5-7-16(8-10)9(2)17/h10H,4-8H2,1-3H3. The highest BCUT2D eigenvalue weighted by molar-refractivity contribution is 7.13. The van der Waals surface area contributed by atoms with E-state index in [1.807, 2.05) is 11.8 Å². The van der Waals surface area contributed by atoms with E-state index in [-0.39, 0.29) is 17.8 Å². The largest absolute Gasteiger partial charge is 0.465 e. The number of nitrogens with zero attached hydrogens (tertiary/aromatic N) is 2. The van der Waals surface area contributed by atoms with Gasteiger partial charge in [0.15, 0.2) is 0 Å². The number of thiazole rings is 1. The van der Waals surface area contributed by atoms with Gasteiger partial charge in [-0.2, -0.15) is 0 Å². The molecule has 6 heteroatoms. The molecule has 1 aromatic rings. The summed E-state index contributed by atoms with van der Waals surface area (Å²) in [6, 6.07) is 0. The first kappa shape index (κ1) is 15.0. The number of carbonyl (C=O) groups excluding carboxylic acids is 2. The second kappa shape index (κ2) is 6.35. The van der Waals surface area contributed by atoms with Crippen molar-refractivity contribution in [2.24, 2.45) is 0 Å². The van der Waals surface area contributed by atoms with E-state index in [9.17, 15) is 9.59 Å². The maximum Gasteiger partial charge on any atom is 0.349 e. The molecular formula is C14H20N2O3S. The van der Waals surface area contributed by atoms with Crippen molar-refractivity contribution >= 4 is 23.2 Å². The van der Waals surface area contributed by atoms with Crippen LogP contribution in [0.3, 0.4) is 0 Å². The lowest BCUT2D eigenvalue weighted by Crippen LogP contribution is -2.37. The van der Waals surface area contributed by atoms with Crippen molar-refractivity contribution in [2.75, 3.05) is 20.2 Å². The van der Waals surface area contributed by atoms with Gasteiger partial charge in [0.05, 0.1) is 17.8 Å². The molecule has 1 fully saturated rings. The van der Waals surface area contributed by atoms with E-state index in [1.54, 1.807) is 6.92 Å². The highest BCUT2D eigenvalue weighted by atomic mass is 32.1. The first-order valence-corrected chi connectivity index (χ1v) is 7.71. The third kappa shape index (κ3) is 3.00. The van der Waals surface area contributed by atoms with Gasteiger partial charge >= 0.3 is 5.97 Å². The zero-order valence-electron chi connectivity index (χ0n) is 12.1. The summed E-state index contributed by atoms with van der Waals surface area (Å²) in [6.07, 6.45) is 2.71. The number of hydrogen-bond donors (Lipinski definition) is 0. The Kier molecular flexibility index (Phi) is 4.75. The number of likely N-dealkylation sites (tertiary alicyclic amines) is 1. The molecule has 0 saturated carbocycles. The Morgan fingerprint density at radius 1 is 1.50 bits per heavy atom. The molecule has 0 spiro atoms. The van der Waals surface area contributed by atoms with Gasteiger partial charge in [-0.25, -0.2) is 9.78 Å². The van der Waals surface area contributed by atoms with Crippen LogP contribution in [0.2, 0.25) is 0 Å². The van der Waals surface area contributed by atoms with Gasteiger partial charge in [0, 0.05) is 25.9 Å². The van der Waals surface area contributed by atoms with Gasteiger partial charge in [-0.1, -0.05) is 6.92 Å². The van der Waals surface area contributed by atoms with Crippen LogP contribution in [0.5, 0.6) is 0 Å². The Morgan fingerprint density at radius 2 is 2.25 bits per heavy atom. The van der Waals surface area contributed by atoms with Crippen molar-refractivity contribution in [1.29, 1.82) is 0 Å². The van der Waals surface area contributed by atoms with E-state index in [2.05, 4.69) is 4.98 Å². The molecule has 1 unspecified atom stereocenters. The Morgan fingerprint density at radius 3 is 2.85 bits per heavy atom. The Balaban J connectivity index is 2.22. The highest BCUT2D eigenvalue weighted by Crippen LogP contribution is 2.32. The van der Waals surface area contributed by atoms with Gasteiger partial charge in [0.1, 0.15) is 4.88 Å². The fourth-order valence-corrected chi connectivity index (χ4v) is 3.70. The zero-order valence-corrected chi connectivity index (χ0v) is 13.0. The minimum atomic E-state index is -0.315. The minimum Gasteiger partial charge on any atom is -0.465 e. The predicted molar refractivity (Wildman–Crippen MR) is 77.1 cm³/mol. The molecule has 0 bridgehead atoms. The summed E-state index contributed by atoms with van der Waals surface area (Å²) >= 11 is 1.41. The molecule has 2 rings (SSSR count). The molecule has 1 aliphatic heterocycles. The molecule has 0 radical (unpaired) electrons. The lowest BCUT2D eigenvalue weighted by molar-refractivity contribution is -0.130. The molecule has 1 aliphatic rings. The smallest absolute Gasteiger partial charge is 0.349 e. The van der Waals surface area contributed by atoms with Crippen LogP contribution in [0.25, 0.3) is 0 Å². The van der Waals surface area contributed by atoms with Gasteiger partial charge < -0.3 is 9.64 Å². The van der Waals surface area contributed by atoms with Crippen LogP contribution in [-0.4, -0.2) is 42.0 Å². The number of methoxy groups -OCH3 is 1. The Labute approximate surface area is 122 Å². The van der Waals surface area contributed by atoms with E-state index in [1.165, 1.54) is 18.4 Å². The summed E-state index contributed by atoms with van der Waals surface area (Å²) in [6.45, 7) is 5.10. The highest BCUT2D eigenvalue weighted by Gasteiger charge is 2.27. The number of piperidine rings is 1. The van der Waals surface area contributed by atoms with Crippen molar-refractivity contribution in [2.45, 2.75) is 39.0 Å². The minimum absolute atomic E-state index is 0.107. The van der Waals surface area contributed by atoms with Gasteiger partial charge in [0.2, 0.25) is 5.91 Å². The number of hydrogen-bond acceptors (Lipinski definition) is 5. The van der Waals surface area contributed by atoms with E-state index in [0.29, 0.717) is 17.8 Å². The SMILES string of the molecule is CCc1nc(C2CCCN(C(C)=O)C2)sc1C(=O)OC. The van der Waals surface area contributed by atoms with Crippen molar-refractivity contribution in [3.05, 3.63) is 15.6 Å². The number of esters is 1. The average molecular weight is 296 g/mol. The van der Waals surface area contributed by atoms with Crippen LogP contribution < -0.4 is 0 Å². The molecule has 0 aromatic carbocycles. The van der Waals surface area contributed by atoms with Crippen LogP contribution in [0.4, 0.5) is 0 Å². The van der Waals surface area contributed by atoms with Crippen LogP contribution in [0.1, 0.15) is 53.0 Å². The molecule has 2 heterocycles. The van der Waals surface area contributed by atoms with Crippen molar-refractivity contribution in [3.8, 4) is 0 Å². The second-order valence-corrected chi connectivity index (χ2v) is 6.01. The number of aryl methyl sites for hydroxylation is 1. The molecule has 110 valence electrons. The van der Waals surface area contributed by atoms with Crippen LogP contribution in [-0.2, 0) is 16.0 Å². The Hall–Kier alpha value is -1.43. The molecular weight excluding hydrogens is 276 g/mol. The van der Waals surface area contributed by atoms with Gasteiger partial charge in [-0.15, -0.1) is 11.3 Å². The molecule has 0 N–H and O–H groups in total. The van der Waals surface area contributed by atoms with E-state index in [4.69, 9.17) is 4.74 Å². The fraction of sp³-hybridized carbons (Fsp3) is 0.643. The first-order valence-electron chi connectivity index (χ1n) is 6.90. The summed E-state index contributed by atoms with van der Waals surface area (Å²) in [5, 5.41) is 0.952. The first-order chi connectivity index (χ1) is 9.56. The summed E-state index contributed by atoms with van der Waals surface area (Å²) in [4.78, 5) is 30.3. The molecule has 1 aromatic heterocycles. The number of carbonyl (C=O) groups is 2. The molecule has 1 saturated heterocycles. The molecule has 20 heavy (non-hydrogen) atoms. The van der Waals surface area contributed by atoms with Gasteiger partial charge in [0.25, 0.3) is 0 Å². The number of rotatable bonds is 3. The van der Waals surface area contributed by atoms with Gasteiger partial charge in [-0.3, -0.25) is 4.79 Å². The van der Waals surface area contributed by atoms with Gasteiger partial charge in [-0.05, 0) is 19.3 Å². The number of aromatic nitrogens is 1. The molecule has 1 atom stereocenters. The van der Waals surface area contributed by atoms with Crippen LogP contribution in [0, 0.1) is 0 Å². The van der Waals surface area contributed by atoms with Crippen molar-refractivity contribution < 1.29 is 14.3 Å². The Bertz CT molecular complexity index is 513. The summed E-state index contributed by atoms with van der Waals surface area (Å²) in [5.74, 6) is 0.0290. The quantitative estimate of drug-likeness (QED) is 0.802. The van der Waals surface area contributed by atoms with Crippen molar-refractivity contribution in [3.63, 3.8) is 0 Å². The van der Waals surface area contributed by atoms with Crippen molar-refractivity contribution in [1.82, 2.24) is 9.88 Å². The normalized spacial score (nSPS) is 18.9. The maximum absolute atomic E-state index is 11.7. The fourth-order valence-electron chi connectivity index (χ4n) is 2.50. The van der Waals surface area contributed by atoms with Crippen LogP contribution >= 0.6 is 11.3 Å². The number of amides is 1. The second-order valence-electron chi connectivity index (χ2n) is 4.98. The summed E-state index contributed by atoms with van der Waals surface area (Å²) in [7, 11) is 1.39. The summed E-state index contributed by atoms with van der Waals surface area (Å²) < 4.78 is 4.81. The maximum atomic E-state index is 11.7. The molecule has 1 amide bonds. The van der Waals surface area contributed by atoms with E-state index >= 15 is 0 Å². The lowest BCUT2D eigenvalue weighted by atomic mass is 9.99. The third-order valence-corrected chi connectivity index (χ3v) is 4.88. The average Bonchev–Trinajstić information content (AvgIpc) is 2.90. The molecule has 0 aliphatic carbocycles. The van der Waals surface area contributed by atoms with E-state index in [0.717, 1.165) is 30.1 Å². The van der Waals surface area contributed by atoms with Crippen LogP contribution in [0.15, 0.2) is 0 Å².